The Labute approximate surface area is 311 Å². The number of hydrogen-bond donors (Lipinski definition) is 0. The van der Waals surface area contributed by atoms with E-state index in [-0.39, 0.29) is 5.41 Å². The predicted octanol–water partition coefficient (Wildman–Crippen LogP) is 14.4. The molecular weight excluding hydrogens is 663 g/mol. The van der Waals surface area contributed by atoms with Gasteiger partial charge in [-0.2, -0.15) is 0 Å². The van der Waals surface area contributed by atoms with Crippen LogP contribution in [0.25, 0.3) is 64.4 Å². The van der Waals surface area contributed by atoms with Gasteiger partial charge in [0.05, 0.1) is 0 Å². The molecule has 0 atom stereocenters. The molecule has 0 bridgehead atoms. The summed E-state index contributed by atoms with van der Waals surface area (Å²) in [4.78, 5) is 2.36. The number of hydrogen-bond acceptors (Lipinski definition) is 3. The van der Waals surface area contributed by atoms with Crippen molar-refractivity contribution in [1.29, 1.82) is 0 Å². The molecule has 1 aliphatic rings. The molecule has 0 unspecified atom stereocenters. The van der Waals surface area contributed by atoms with E-state index < -0.39 is 0 Å². The van der Waals surface area contributed by atoms with Gasteiger partial charge < -0.3 is 9.32 Å². The van der Waals surface area contributed by atoms with Crippen LogP contribution in [0, 0.1) is 0 Å². The van der Waals surface area contributed by atoms with E-state index in [1.165, 1.54) is 59.1 Å². The van der Waals surface area contributed by atoms with Crippen LogP contribution in [0.15, 0.2) is 186 Å². The minimum Gasteiger partial charge on any atom is -0.456 e. The lowest BCUT2D eigenvalue weighted by atomic mass is 9.74. The number of fused-ring (bicyclic) bond motifs is 9. The van der Waals surface area contributed by atoms with Crippen LogP contribution < -0.4 is 4.90 Å². The smallest absolute Gasteiger partial charge is 0.139 e. The maximum absolute atomic E-state index is 7.02. The summed E-state index contributed by atoms with van der Waals surface area (Å²) in [5, 5.41) is 4.82. The number of nitrogens with zero attached hydrogens (tertiary/aromatic N) is 1. The number of anilines is 3. The highest BCUT2D eigenvalue weighted by Crippen LogP contribution is 2.54. The minimum atomic E-state index is -0.353. The van der Waals surface area contributed by atoms with Crippen LogP contribution in [0.5, 0.6) is 0 Å². The largest absolute Gasteiger partial charge is 0.456 e. The Morgan fingerprint density at radius 3 is 1.81 bits per heavy atom. The quantitative estimate of drug-likeness (QED) is 0.178. The van der Waals surface area contributed by atoms with Crippen molar-refractivity contribution in [3.05, 3.63) is 199 Å². The van der Waals surface area contributed by atoms with Crippen LogP contribution in [0.2, 0.25) is 0 Å². The average Bonchev–Trinajstić information content (AvgIpc) is 3.87. The standard InChI is InChI=1S/C50H33NOS/c1-50(43-18-8-5-14-37(43)38-15-6-9-19-44(38)50)45-20-11-17-41-39-28-26-36(31-46(39)52-49(41)45)51(34-24-22-33(23-25-34)32-12-3-2-4-13-32)35-27-29-48-42(30-35)40-16-7-10-21-47(40)53-48/h2-31H,1H3. The Morgan fingerprint density at radius 2 is 1.02 bits per heavy atom. The number of furan rings is 1. The van der Waals surface area contributed by atoms with E-state index in [0.717, 1.165) is 39.0 Å². The van der Waals surface area contributed by atoms with Crippen molar-refractivity contribution in [2.24, 2.45) is 0 Å². The van der Waals surface area contributed by atoms with E-state index in [1.807, 2.05) is 11.3 Å². The zero-order valence-electron chi connectivity index (χ0n) is 29.1. The highest BCUT2D eigenvalue weighted by Gasteiger charge is 2.42. The first-order valence-electron chi connectivity index (χ1n) is 18.2. The van der Waals surface area contributed by atoms with Crippen molar-refractivity contribution in [1.82, 2.24) is 0 Å². The second-order valence-corrected chi connectivity index (χ2v) is 15.3. The second kappa shape index (κ2) is 11.5. The van der Waals surface area contributed by atoms with E-state index in [1.54, 1.807) is 0 Å². The van der Waals surface area contributed by atoms with Crippen molar-refractivity contribution in [2.75, 3.05) is 4.90 Å². The Bertz CT molecular complexity index is 2980. The SMILES string of the molecule is CC1(c2cccc3c2oc2cc(N(c4ccc(-c5ccccc5)cc4)c4ccc5sc6ccccc6c5c4)ccc23)c2ccccc2-c2ccccc21. The van der Waals surface area contributed by atoms with Crippen LogP contribution in [0.3, 0.4) is 0 Å². The Morgan fingerprint density at radius 1 is 0.434 bits per heavy atom. The third-order valence-corrected chi connectivity index (χ3v) is 12.5. The molecule has 1 aliphatic carbocycles. The van der Waals surface area contributed by atoms with Gasteiger partial charge in [-0.05, 0) is 88.8 Å². The van der Waals surface area contributed by atoms with Crippen LogP contribution in [-0.2, 0) is 5.41 Å². The third-order valence-electron chi connectivity index (χ3n) is 11.4. The molecule has 0 fully saturated rings. The summed E-state index contributed by atoms with van der Waals surface area (Å²) in [6.45, 7) is 2.36. The first-order chi connectivity index (χ1) is 26.1. The molecule has 8 aromatic carbocycles. The summed E-state index contributed by atoms with van der Waals surface area (Å²) in [6.07, 6.45) is 0. The zero-order chi connectivity index (χ0) is 35.1. The maximum atomic E-state index is 7.02. The van der Waals surface area contributed by atoms with Crippen molar-refractivity contribution >= 4 is 70.5 Å². The summed E-state index contributed by atoms with van der Waals surface area (Å²) in [6, 6.07) is 66.1. The van der Waals surface area contributed by atoms with Crippen molar-refractivity contribution in [3.8, 4) is 22.3 Å². The van der Waals surface area contributed by atoms with Crippen molar-refractivity contribution in [2.45, 2.75) is 12.3 Å². The number of rotatable bonds is 5. The van der Waals surface area contributed by atoms with Gasteiger partial charge >= 0.3 is 0 Å². The molecule has 250 valence electrons. The molecule has 0 spiro atoms. The summed E-state index contributed by atoms with van der Waals surface area (Å²) in [5.41, 5.74) is 13.5. The molecule has 0 radical (unpaired) electrons. The maximum Gasteiger partial charge on any atom is 0.139 e. The molecule has 0 N–H and O–H groups in total. The molecular formula is C50H33NOS. The number of thiophene rings is 1. The van der Waals surface area contributed by atoms with Gasteiger partial charge in [-0.1, -0.05) is 127 Å². The summed E-state index contributed by atoms with van der Waals surface area (Å²) < 4.78 is 9.62. The fourth-order valence-corrected chi connectivity index (χ4v) is 9.88. The molecule has 0 amide bonds. The van der Waals surface area contributed by atoms with E-state index in [9.17, 15) is 0 Å². The normalized spacial score (nSPS) is 13.2. The number of benzene rings is 8. The summed E-state index contributed by atoms with van der Waals surface area (Å²) >= 11 is 1.85. The second-order valence-electron chi connectivity index (χ2n) is 14.2. The van der Waals surface area contributed by atoms with Crippen molar-refractivity contribution < 1.29 is 4.42 Å². The van der Waals surface area contributed by atoms with Gasteiger partial charge in [0.25, 0.3) is 0 Å². The minimum absolute atomic E-state index is 0.353. The monoisotopic (exact) mass is 695 g/mol. The molecule has 2 nitrogen and oxygen atoms in total. The molecule has 0 saturated carbocycles. The van der Waals surface area contributed by atoms with E-state index >= 15 is 0 Å². The van der Waals surface area contributed by atoms with Crippen LogP contribution in [0.4, 0.5) is 17.1 Å². The van der Waals surface area contributed by atoms with Gasteiger partial charge in [0.1, 0.15) is 11.2 Å². The fourth-order valence-electron chi connectivity index (χ4n) is 8.80. The van der Waals surface area contributed by atoms with Gasteiger partial charge in [0.2, 0.25) is 0 Å². The molecule has 2 aromatic heterocycles. The van der Waals surface area contributed by atoms with E-state index in [2.05, 4.69) is 194 Å². The Kier molecular flexibility index (Phi) is 6.58. The molecule has 53 heavy (non-hydrogen) atoms. The lowest BCUT2D eigenvalue weighted by Gasteiger charge is -2.28. The lowest BCUT2D eigenvalue weighted by molar-refractivity contribution is 0.638. The van der Waals surface area contributed by atoms with E-state index in [0.29, 0.717) is 0 Å². The molecule has 2 heterocycles. The highest BCUT2D eigenvalue weighted by atomic mass is 32.1. The van der Waals surface area contributed by atoms with Crippen LogP contribution in [0.1, 0.15) is 23.6 Å². The molecule has 0 aliphatic heterocycles. The molecule has 3 heteroatoms. The molecule has 11 rings (SSSR count). The lowest BCUT2D eigenvalue weighted by Crippen LogP contribution is -2.22. The van der Waals surface area contributed by atoms with Crippen LogP contribution >= 0.6 is 11.3 Å². The van der Waals surface area contributed by atoms with Gasteiger partial charge in [-0.25, -0.2) is 0 Å². The Balaban J connectivity index is 1.10. The van der Waals surface area contributed by atoms with Gasteiger partial charge in [-0.3, -0.25) is 0 Å². The predicted molar refractivity (Wildman–Crippen MR) is 224 cm³/mol. The van der Waals surface area contributed by atoms with Crippen molar-refractivity contribution in [3.63, 3.8) is 0 Å². The highest BCUT2D eigenvalue weighted by molar-refractivity contribution is 7.25. The van der Waals surface area contributed by atoms with Gasteiger partial charge in [-0.15, -0.1) is 11.3 Å². The average molecular weight is 696 g/mol. The fraction of sp³-hybridized carbons (Fsp3) is 0.0400. The zero-order valence-corrected chi connectivity index (χ0v) is 29.9. The summed E-state index contributed by atoms with van der Waals surface area (Å²) in [5.74, 6) is 0. The Hall–Kier alpha value is -6.42. The summed E-state index contributed by atoms with van der Waals surface area (Å²) in [7, 11) is 0. The van der Waals surface area contributed by atoms with Gasteiger partial charge in [0.15, 0.2) is 0 Å². The first kappa shape index (κ1) is 30.2. The molecule has 0 saturated heterocycles. The third kappa shape index (κ3) is 4.51. The first-order valence-corrected chi connectivity index (χ1v) is 19.0. The molecule has 10 aromatic rings. The van der Waals surface area contributed by atoms with Gasteiger partial charge in [0, 0.05) is 65.1 Å². The number of para-hydroxylation sites is 1. The van der Waals surface area contributed by atoms with E-state index in [4.69, 9.17) is 4.42 Å². The van der Waals surface area contributed by atoms with Crippen LogP contribution in [-0.4, -0.2) is 0 Å². The topological polar surface area (TPSA) is 16.4 Å².